The van der Waals surface area contributed by atoms with E-state index in [1.165, 1.54) is 11.3 Å². The average Bonchev–Trinajstić information content (AvgIpc) is 3.13. The zero-order valence-electron chi connectivity index (χ0n) is 11.3. The SMILES string of the molecule is COc1ccc2[nH]cc(C(=O)CNc3nccs3)c2c1.I. The summed E-state index contributed by atoms with van der Waals surface area (Å²) in [5.41, 5.74) is 1.58. The number of hydrogen-bond donors (Lipinski definition) is 2. The lowest BCUT2D eigenvalue weighted by Crippen LogP contribution is -2.13. The van der Waals surface area contributed by atoms with E-state index in [9.17, 15) is 4.79 Å². The maximum absolute atomic E-state index is 12.3. The van der Waals surface area contributed by atoms with Crippen molar-refractivity contribution in [3.8, 4) is 5.75 Å². The number of anilines is 1. The van der Waals surface area contributed by atoms with Gasteiger partial charge < -0.3 is 15.0 Å². The van der Waals surface area contributed by atoms with Gasteiger partial charge in [-0.25, -0.2) is 4.98 Å². The minimum atomic E-state index is 0. The highest BCUT2D eigenvalue weighted by Gasteiger charge is 2.13. The summed E-state index contributed by atoms with van der Waals surface area (Å²) >= 11 is 1.47. The number of rotatable bonds is 5. The minimum absolute atomic E-state index is 0. The van der Waals surface area contributed by atoms with Crippen LogP contribution in [0.3, 0.4) is 0 Å². The van der Waals surface area contributed by atoms with Crippen LogP contribution < -0.4 is 10.1 Å². The van der Waals surface area contributed by atoms with E-state index in [4.69, 9.17) is 4.74 Å². The Hall–Kier alpha value is -1.61. The lowest BCUT2D eigenvalue weighted by atomic mass is 10.1. The molecular formula is C14H14IN3O2S. The number of aromatic amines is 1. The van der Waals surface area contributed by atoms with E-state index in [0.717, 1.165) is 21.8 Å². The van der Waals surface area contributed by atoms with Gasteiger partial charge in [0.1, 0.15) is 5.75 Å². The summed E-state index contributed by atoms with van der Waals surface area (Å²) in [5, 5.41) is 6.50. The van der Waals surface area contributed by atoms with Crippen molar-refractivity contribution in [1.82, 2.24) is 9.97 Å². The zero-order valence-corrected chi connectivity index (χ0v) is 14.4. The molecule has 0 aliphatic heterocycles. The van der Waals surface area contributed by atoms with Gasteiger partial charge in [-0.15, -0.1) is 35.3 Å². The Labute approximate surface area is 142 Å². The number of benzene rings is 1. The van der Waals surface area contributed by atoms with E-state index < -0.39 is 0 Å². The second-order valence-corrected chi connectivity index (χ2v) is 5.12. The fourth-order valence-corrected chi connectivity index (χ4v) is 2.55. The highest BCUT2D eigenvalue weighted by atomic mass is 127. The molecule has 0 bridgehead atoms. The van der Waals surface area contributed by atoms with Crippen molar-refractivity contribution in [3.05, 3.63) is 41.5 Å². The molecular weight excluding hydrogens is 401 g/mol. The van der Waals surface area contributed by atoms with E-state index in [2.05, 4.69) is 15.3 Å². The van der Waals surface area contributed by atoms with Gasteiger partial charge in [0.25, 0.3) is 0 Å². The largest absolute Gasteiger partial charge is 0.497 e. The summed E-state index contributed by atoms with van der Waals surface area (Å²) in [6.45, 7) is 0.220. The Balaban J connectivity index is 0.00000161. The molecule has 0 aliphatic carbocycles. The van der Waals surface area contributed by atoms with Gasteiger partial charge in [0.05, 0.1) is 13.7 Å². The number of nitrogens with one attached hydrogen (secondary N) is 2. The number of ketones is 1. The van der Waals surface area contributed by atoms with Crippen LogP contribution in [0.25, 0.3) is 10.9 Å². The van der Waals surface area contributed by atoms with Crippen LogP contribution in [0.5, 0.6) is 5.75 Å². The summed E-state index contributed by atoms with van der Waals surface area (Å²) in [4.78, 5) is 19.5. The third-order valence-corrected chi connectivity index (χ3v) is 3.75. The van der Waals surface area contributed by atoms with Crippen molar-refractivity contribution < 1.29 is 9.53 Å². The zero-order chi connectivity index (χ0) is 13.9. The number of aromatic nitrogens is 2. The van der Waals surface area contributed by atoms with Crippen molar-refractivity contribution in [1.29, 1.82) is 0 Å². The predicted molar refractivity (Wildman–Crippen MR) is 95.2 cm³/mol. The first kappa shape index (κ1) is 15.8. The molecule has 110 valence electrons. The van der Waals surface area contributed by atoms with Crippen molar-refractivity contribution in [2.45, 2.75) is 0 Å². The van der Waals surface area contributed by atoms with Gasteiger partial charge in [0.15, 0.2) is 10.9 Å². The van der Waals surface area contributed by atoms with Gasteiger partial charge in [0.2, 0.25) is 0 Å². The molecule has 7 heteroatoms. The predicted octanol–water partition coefficient (Wildman–Crippen LogP) is 3.55. The first-order chi connectivity index (χ1) is 9.78. The molecule has 2 aromatic heterocycles. The highest BCUT2D eigenvalue weighted by Crippen LogP contribution is 2.24. The van der Waals surface area contributed by atoms with Gasteiger partial charge in [0, 0.05) is 34.2 Å². The Bertz CT molecular complexity index is 740. The number of H-pyrrole nitrogens is 1. The smallest absolute Gasteiger partial charge is 0.184 e. The molecule has 0 unspecified atom stereocenters. The van der Waals surface area contributed by atoms with Gasteiger partial charge >= 0.3 is 0 Å². The molecule has 0 saturated heterocycles. The lowest BCUT2D eigenvalue weighted by molar-refractivity contribution is 0.101. The number of halogens is 1. The molecule has 21 heavy (non-hydrogen) atoms. The number of nitrogens with zero attached hydrogens (tertiary/aromatic N) is 1. The second kappa shape index (κ2) is 6.90. The Morgan fingerprint density at radius 2 is 2.33 bits per heavy atom. The standard InChI is InChI=1S/C14H13N3O2S.HI/c1-19-9-2-3-12-10(6-9)11(7-16-12)13(18)8-17-14-15-4-5-20-14;/h2-7,16H,8H2,1H3,(H,15,17);1H. The number of hydrogen-bond acceptors (Lipinski definition) is 5. The number of fused-ring (bicyclic) bond motifs is 1. The molecule has 2 heterocycles. The lowest BCUT2D eigenvalue weighted by Gasteiger charge is -2.03. The minimum Gasteiger partial charge on any atom is -0.497 e. The maximum Gasteiger partial charge on any atom is 0.184 e. The van der Waals surface area contributed by atoms with Crippen molar-refractivity contribution in [2.75, 3.05) is 19.0 Å². The third-order valence-electron chi connectivity index (χ3n) is 3.02. The van der Waals surface area contributed by atoms with Gasteiger partial charge in [-0.2, -0.15) is 0 Å². The molecule has 1 aromatic carbocycles. The molecule has 0 atom stereocenters. The maximum atomic E-state index is 12.3. The number of ether oxygens (including phenoxy) is 1. The second-order valence-electron chi connectivity index (χ2n) is 4.23. The number of carbonyl (C=O) groups is 1. The molecule has 5 nitrogen and oxygen atoms in total. The van der Waals surface area contributed by atoms with Gasteiger partial charge in [-0.1, -0.05) is 0 Å². The molecule has 0 radical (unpaired) electrons. The topological polar surface area (TPSA) is 67.0 Å². The van der Waals surface area contributed by atoms with Gasteiger partial charge in [-0.05, 0) is 18.2 Å². The van der Waals surface area contributed by atoms with Crippen LogP contribution in [0.15, 0.2) is 36.0 Å². The van der Waals surface area contributed by atoms with Crippen LogP contribution in [0.4, 0.5) is 5.13 Å². The van der Waals surface area contributed by atoms with Crippen molar-refractivity contribution >= 4 is 57.1 Å². The summed E-state index contributed by atoms with van der Waals surface area (Å²) in [6, 6.07) is 5.63. The summed E-state index contributed by atoms with van der Waals surface area (Å²) in [6.07, 6.45) is 3.43. The molecule has 0 aliphatic rings. The van der Waals surface area contributed by atoms with Crippen molar-refractivity contribution in [3.63, 3.8) is 0 Å². The van der Waals surface area contributed by atoms with E-state index in [0.29, 0.717) is 5.56 Å². The molecule has 2 N–H and O–H groups in total. The average molecular weight is 415 g/mol. The summed E-state index contributed by atoms with van der Waals surface area (Å²) in [5.74, 6) is 0.749. The number of methoxy groups -OCH3 is 1. The van der Waals surface area contributed by atoms with E-state index >= 15 is 0 Å². The quantitative estimate of drug-likeness (QED) is 0.494. The Morgan fingerprint density at radius 1 is 1.48 bits per heavy atom. The molecule has 0 amide bonds. The normalized spacial score (nSPS) is 10.1. The van der Waals surface area contributed by atoms with E-state index in [1.54, 1.807) is 19.5 Å². The van der Waals surface area contributed by atoms with Crippen LogP contribution >= 0.6 is 35.3 Å². The van der Waals surface area contributed by atoms with Crippen LogP contribution in [-0.4, -0.2) is 29.4 Å². The van der Waals surface area contributed by atoms with Crippen LogP contribution in [-0.2, 0) is 0 Å². The van der Waals surface area contributed by atoms with E-state index in [-0.39, 0.29) is 36.3 Å². The Morgan fingerprint density at radius 3 is 3.05 bits per heavy atom. The van der Waals surface area contributed by atoms with Gasteiger partial charge in [-0.3, -0.25) is 4.79 Å². The van der Waals surface area contributed by atoms with Crippen LogP contribution in [0, 0.1) is 0 Å². The Kier molecular flexibility index (Phi) is 5.18. The molecule has 3 rings (SSSR count). The summed E-state index contributed by atoms with van der Waals surface area (Å²) < 4.78 is 5.20. The number of Topliss-reactive ketones (excluding diaryl/α,β-unsaturated/α-hetero) is 1. The van der Waals surface area contributed by atoms with E-state index in [1.807, 2.05) is 23.6 Å². The highest BCUT2D eigenvalue weighted by molar-refractivity contribution is 14.0. The monoisotopic (exact) mass is 415 g/mol. The van der Waals surface area contributed by atoms with Crippen LogP contribution in [0.2, 0.25) is 0 Å². The fraction of sp³-hybridized carbons (Fsp3) is 0.143. The summed E-state index contributed by atoms with van der Waals surface area (Å²) in [7, 11) is 1.61. The van der Waals surface area contributed by atoms with Crippen LogP contribution in [0.1, 0.15) is 10.4 Å². The third kappa shape index (κ3) is 3.35. The van der Waals surface area contributed by atoms with Crippen molar-refractivity contribution in [2.24, 2.45) is 0 Å². The first-order valence-corrected chi connectivity index (χ1v) is 6.97. The number of carbonyl (C=O) groups excluding carboxylic acids is 1. The molecule has 3 aromatic rings. The molecule has 0 saturated carbocycles. The molecule has 0 spiro atoms. The number of thiazole rings is 1. The first-order valence-electron chi connectivity index (χ1n) is 6.09. The fourth-order valence-electron chi connectivity index (χ4n) is 2.02. The molecule has 0 fully saturated rings.